The minimum atomic E-state index is 0.724. The number of hydrogen-bond acceptors (Lipinski definition) is 1. The van der Waals surface area contributed by atoms with E-state index in [4.69, 9.17) is 5.73 Å². The Bertz CT molecular complexity index is 584. The second kappa shape index (κ2) is 4.14. The van der Waals surface area contributed by atoms with Crippen LogP contribution in [0.1, 0.15) is 23.2 Å². The average molecular weight is 293 g/mol. The maximum atomic E-state index is 5.67. The topological polar surface area (TPSA) is 30.9 Å². The highest BCUT2D eigenvalue weighted by Gasteiger charge is 2.19. The first-order chi connectivity index (χ1) is 8.22. The highest BCUT2D eigenvalue weighted by Crippen LogP contribution is 2.36. The van der Waals surface area contributed by atoms with Gasteiger partial charge in [0.15, 0.2) is 0 Å². The predicted octanol–water partition coefficient (Wildman–Crippen LogP) is 3.16. The molecule has 2 heterocycles. The molecule has 0 spiro atoms. The molecule has 3 heteroatoms. The standard InChI is InChI=1S/C14H17BrN2/c1-9-13(15)12-8-10(4-5-16)7-11-3-2-6-17(9)14(11)12/h7-8H,2-6,16H2,1H3. The summed E-state index contributed by atoms with van der Waals surface area (Å²) in [7, 11) is 0. The number of hydrogen-bond donors (Lipinski definition) is 1. The van der Waals surface area contributed by atoms with Crippen LogP contribution in [-0.4, -0.2) is 11.1 Å². The number of aromatic nitrogens is 1. The zero-order chi connectivity index (χ0) is 12.0. The predicted molar refractivity (Wildman–Crippen MR) is 75.5 cm³/mol. The fourth-order valence-corrected chi connectivity index (χ4v) is 3.45. The Labute approximate surface area is 110 Å². The smallest absolute Gasteiger partial charge is 0.0526 e. The Hall–Kier alpha value is -0.800. The number of halogens is 1. The van der Waals surface area contributed by atoms with E-state index in [1.165, 1.54) is 45.0 Å². The first-order valence-electron chi connectivity index (χ1n) is 6.22. The van der Waals surface area contributed by atoms with Crippen LogP contribution < -0.4 is 5.73 Å². The van der Waals surface area contributed by atoms with Crippen molar-refractivity contribution in [1.82, 2.24) is 4.57 Å². The SMILES string of the molecule is Cc1c(Br)c2cc(CCN)cc3c2n1CCC3. The van der Waals surface area contributed by atoms with Gasteiger partial charge in [0.05, 0.1) is 5.52 Å². The van der Waals surface area contributed by atoms with Crippen LogP contribution >= 0.6 is 15.9 Å². The van der Waals surface area contributed by atoms with Crippen molar-refractivity contribution in [1.29, 1.82) is 0 Å². The van der Waals surface area contributed by atoms with Gasteiger partial charge >= 0.3 is 0 Å². The summed E-state index contributed by atoms with van der Waals surface area (Å²) in [6, 6.07) is 4.64. The number of benzene rings is 1. The van der Waals surface area contributed by atoms with Gasteiger partial charge in [-0.2, -0.15) is 0 Å². The largest absolute Gasteiger partial charge is 0.343 e. The van der Waals surface area contributed by atoms with Gasteiger partial charge in [-0.25, -0.2) is 0 Å². The third kappa shape index (κ3) is 1.64. The molecule has 2 aromatic rings. The van der Waals surface area contributed by atoms with Gasteiger partial charge in [0.2, 0.25) is 0 Å². The van der Waals surface area contributed by atoms with E-state index < -0.39 is 0 Å². The number of nitrogens with zero attached hydrogens (tertiary/aromatic N) is 1. The van der Waals surface area contributed by atoms with Crippen molar-refractivity contribution in [3.63, 3.8) is 0 Å². The Balaban J connectivity index is 2.33. The van der Waals surface area contributed by atoms with E-state index in [0.29, 0.717) is 0 Å². The van der Waals surface area contributed by atoms with Gasteiger partial charge in [0.1, 0.15) is 0 Å². The highest BCUT2D eigenvalue weighted by atomic mass is 79.9. The van der Waals surface area contributed by atoms with E-state index in [9.17, 15) is 0 Å². The van der Waals surface area contributed by atoms with Crippen LogP contribution in [0.2, 0.25) is 0 Å². The van der Waals surface area contributed by atoms with E-state index in [-0.39, 0.29) is 0 Å². The Morgan fingerprint density at radius 1 is 1.41 bits per heavy atom. The summed E-state index contributed by atoms with van der Waals surface area (Å²) in [6.45, 7) is 4.07. The molecule has 0 bridgehead atoms. The van der Waals surface area contributed by atoms with Crippen LogP contribution in [0, 0.1) is 6.92 Å². The van der Waals surface area contributed by atoms with Crippen molar-refractivity contribution in [2.45, 2.75) is 32.7 Å². The molecule has 1 aliphatic heterocycles. The van der Waals surface area contributed by atoms with Crippen LogP contribution in [0.3, 0.4) is 0 Å². The molecule has 0 atom stereocenters. The highest BCUT2D eigenvalue weighted by molar-refractivity contribution is 9.10. The Morgan fingerprint density at radius 3 is 3.00 bits per heavy atom. The van der Waals surface area contributed by atoms with Crippen LogP contribution in [0.4, 0.5) is 0 Å². The molecule has 0 fully saturated rings. The zero-order valence-electron chi connectivity index (χ0n) is 10.1. The molecule has 0 radical (unpaired) electrons. The summed E-state index contributed by atoms with van der Waals surface area (Å²) in [5.41, 5.74) is 11.3. The number of nitrogens with two attached hydrogens (primary N) is 1. The molecule has 0 amide bonds. The second-order valence-corrected chi connectivity index (χ2v) is 5.64. The molecular weight excluding hydrogens is 276 g/mol. The lowest BCUT2D eigenvalue weighted by atomic mass is 9.99. The maximum Gasteiger partial charge on any atom is 0.0526 e. The van der Waals surface area contributed by atoms with Crippen molar-refractivity contribution in [2.75, 3.05) is 6.54 Å². The molecule has 0 unspecified atom stereocenters. The molecule has 1 aliphatic rings. The van der Waals surface area contributed by atoms with Crippen molar-refractivity contribution in [3.05, 3.63) is 33.4 Å². The fourth-order valence-electron chi connectivity index (χ4n) is 2.94. The molecular formula is C14H17BrN2. The van der Waals surface area contributed by atoms with Crippen molar-refractivity contribution < 1.29 is 0 Å². The summed E-state index contributed by atoms with van der Waals surface area (Å²) in [5, 5.41) is 1.36. The third-order valence-electron chi connectivity index (χ3n) is 3.74. The first kappa shape index (κ1) is 11.3. The van der Waals surface area contributed by atoms with E-state index in [2.05, 4.69) is 39.6 Å². The van der Waals surface area contributed by atoms with Crippen molar-refractivity contribution in [2.24, 2.45) is 5.73 Å². The lowest BCUT2D eigenvalue weighted by molar-refractivity contribution is 0.622. The van der Waals surface area contributed by atoms with E-state index in [1.807, 2.05) is 0 Å². The molecule has 1 aromatic heterocycles. The van der Waals surface area contributed by atoms with Gasteiger partial charge in [-0.15, -0.1) is 0 Å². The van der Waals surface area contributed by atoms with E-state index in [1.54, 1.807) is 0 Å². The Kier molecular flexibility index (Phi) is 2.75. The molecule has 2 nitrogen and oxygen atoms in total. The summed E-state index contributed by atoms with van der Waals surface area (Å²) in [5.74, 6) is 0. The molecule has 90 valence electrons. The van der Waals surface area contributed by atoms with Gasteiger partial charge in [-0.1, -0.05) is 6.07 Å². The third-order valence-corrected chi connectivity index (χ3v) is 4.74. The lowest BCUT2D eigenvalue weighted by Gasteiger charge is -2.17. The quantitative estimate of drug-likeness (QED) is 0.906. The fraction of sp³-hybridized carbons (Fsp3) is 0.429. The first-order valence-corrected chi connectivity index (χ1v) is 7.02. The molecule has 2 N–H and O–H groups in total. The minimum absolute atomic E-state index is 0.724. The van der Waals surface area contributed by atoms with Gasteiger partial charge in [-0.05, 0) is 65.9 Å². The van der Waals surface area contributed by atoms with Crippen LogP contribution in [0.15, 0.2) is 16.6 Å². The normalized spacial score (nSPS) is 14.5. The summed E-state index contributed by atoms with van der Waals surface area (Å²) >= 11 is 3.74. The van der Waals surface area contributed by atoms with Gasteiger partial charge in [-0.3, -0.25) is 0 Å². The molecule has 3 rings (SSSR count). The van der Waals surface area contributed by atoms with Gasteiger partial charge in [0.25, 0.3) is 0 Å². The Morgan fingerprint density at radius 2 is 2.24 bits per heavy atom. The molecule has 1 aromatic carbocycles. The molecule has 17 heavy (non-hydrogen) atoms. The van der Waals surface area contributed by atoms with Crippen LogP contribution in [0.25, 0.3) is 10.9 Å². The van der Waals surface area contributed by atoms with Crippen LogP contribution in [-0.2, 0) is 19.4 Å². The van der Waals surface area contributed by atoms with Crippen molar-refractivity contribution in [3.8, 4) is 0 Å². The second-order valence-electron chi connectivity index (χ2n) is 4.84. The summed E-state index contributed by atoms with van der Waals surface area (Å²) < 4.78 is 3.71. The van der Waals surface area contributed by atoms with Gasteiger partial charge in [0, 0.05) is 22.1 Å². The lowest BCUT2D eigenvalue weighted by Crippen LogP contribution is -2.10. The van der Waals surface area contributed by atoms with E-state index in [0.717, 1.165) is 19.5 Å². The molecule has 0 saturated carbocycles. The molecule has 0 saturated heterocycles. The maximum absolute atomic E-state index is 5.67. The summed E-state index contributed by atoms with van der Waals surface area (Å²) in [4.78, 5) is 0. The number of aryl methyl sites for hydroxylation is 2. The molecule has 0 aliphatic carbocycles. The summed E-state index contributed by atoms with van der Waals surface area (Å²) in [6.07, 6.45) is 3.42. The van der Waals surface area contributed by atoms with Crippen molar-refractivity contribution >= 4 is 26.8 Å². The zero-order valence-corrected chi connectivity index (χ0v) is 11.7. The van der Waals surface area contributed by atoms with E-state index >= 15 is 0 Å². The monoisotopic (exact) mass is 292 g/mol. The minimum Gasteiger partial charge on any atom is -0.343 e. The number of rotatable bonds is 2. The average Bonchev–Trinajstić information content (AvgIpc) is 2.57. The van der Waals surface area contributed by atoms with Gasteiger partial charge < -0.3 is 10.3 Å². The van der Waals surface area contributed by atoms with Crippen LogP contribution in [0.5, 0.6) is 0 Å².